The van der Waals surface area contributed by atoms with Gasteiger partial charge in [0.05, 0.1) is 17.5 Å². The molecule has 1 atom stereocenters. The van der Waals surface area contributed by atoms with E-state index in [4.69, 9.17) is 79.8 Å². The number of aliphatic carboxylic acids is 1. The Labute approximate surface area is 618 Å². The summed E-state index contributed by atoms with van der Waals surface area (Å²) in [4.78, 5) is 96.2. The van der Waals surface area contributed by atoms with Crippen LogP contribution in [0.4, 0.5) is 32.3 Å². The average Bonchev–Trinajstić information content (AvgIpc) is 1.49. The van der Waals surface area contributed by atoms with Gasteiger partial charge in [-0.25, -0.2) is 14.4 Å². The molecule has 9 N–H and O–H groups in total. The Hall–Kier alpha value is -10.6. The zero-order valence-electron chi connectivity index (χ0n) is 59.4. The van der Waals surface area contributed by atoms with E-state index in [2.05, 4.69) is 21.3 Å². The van der Waals surface area contributed by atoms with E-state index in [1.807, 2.05) is 116 Å². The molecule has 0 fully saturated rings. The Morgan fingerprint density at radius 3 is 1.31 bits per heavy atom. The Bertz CT molecular complexity index is 4620. The molecule has 4 heterocycles. The fourth-order valence-electron chi connectivity index (χ4n) is 13.8. The number of nitrogen functional groups attached to an aromatic ring is 2. The van der Waals surface area contributed by atoms with Crippen LogP contribution >= 0.6 is 34.8 Å². The quantitative estimate of drug-likeness (QED) is 0.00798. The van der Waals surface area contributed by atoms with Gasteiger partial charge in [0, 0.05) is 147 Å². The molecule has 0 aliphatic carbocycles. The third kappa shape index (κ3) is 17.4. The van der Waals surface area contributed by atoms with Crippen LogP contribution in [0.3, 0.4) is 0 Å². The van der Waals surface area contributed by atoms with Gasteiger partial charge in [-0.3, -0.25) is 24.0 Å². The number of halogens is 3. The highest BCUT2D eigenvalue weighted by Crippen LogP contribution is 2.59. The number of carbonyl (C=O) groups excluding carboxylic acids is 7. The van der Waals surface area contributed by atoms with Crippen LogP contribution in [0, 0.1) is 27.7 Å². The minimum Gasteiger partial charge on any atom is -0.481 e. The number of hydrogen-bond acceptors (Lipinski definition) is 16. The zero-order valence-corrected chi connectivity index (χ0v) is 61.6. The number of carboxylic acids is 1. The van der Waals surface area contributed by atoms with Gasteiger partial charge >= 0.3 is 41.2 Å². The summed E-state index contributed by atoms with van der Waals surface area (Å²) in [5.74, 6) is 1.11. The number of anilines is 4. The lowest BCUT2D eigenvalue weighted by atomic mass is 9.77. The third-order valence-electron chi connectivity index (χ3n) is 17.6. The molecule has 8 aromatic carbocycles. The molecular weight excluding hydrogens is 1390 g/mol. The van der Waals surface area contributed by atoms with Gasteiger partial charge in [-0.1, -0.05) is 76.2 Å². The highest BCUT2D eigenvalue weighted by atomic mass is 35.5. The summed E-state index contributed by atoms with van der Waals surface area (Å²) in [5.41, 5.74) is 20.7. The summed E-state index contributed by atoms with van der Waals surface area (Å²) in [6, 6.07) is 43.0. The number of rotatable bonds is 18. The van der Waals surface area contributed by atoms with Gasteiger partial charge in [-0.05, 0) is 160 Å². The van der Waals surface area contributed by atoms with Gasteiger partial charge in [0.25, 0.3) is 0 Å². The fourth-order valence-corrected chi connectivity index (χ4v) is 14.2. The summed E-state index contributed by atoms with van der Waals surface area (Å²) in [6.07, 6.45) is 3.42. The van der Waals surface area contributed by atoms with Gasteiger partial charge in [0.2, 0.25) is 5.91 Å². The van der Waals surface area contributed by atoms with Crippen LogP contribution in [-0.4, -0.2) is 77.1 Å². The molecule has 544 valence electrons. The smallest absolute Gasteiger partial charge is 0.340 e. The van der Waals surface area contributed by atoms with Crippen LogP contribution in [0.15, 0.2) is 146 Å². The van der Waals surface area contributed by atoms with Crippen molar-refractivity contribution in [3.05, 3.63) is 223 Å². The maximum absolute atomic E-state index is 13.6. The minimum absolute atomic E-state index is 0.0227. The van der Waals surface area contributed by atoms with E-state index < -0.39 is 51.3 Å². The van der Waals surface area contributed by atoms with Crippen molar-refractivity contribution >= 4 is 105 Å². The standard InChI is InChI=1S/C40H40ClN3O7.C20H14N2O3.C15H20O4.C5H9Cl2NO/c1-23-18-24(2)36(34(19-23)49-25(3)45)39(4,5)22-35(46)43-26-12-14-30-32(20-26)50-33-21-27(44-38(48)42-17-9-8-16-41)13-15-31(33)40(30)29-11-7-6-10-28(29)37(47)51-40;21-11-5-7-15-17(9-11)24-18-10-12(22)6-8-16(18)20(15)14-4-2-1-3-13(14)19(23)25-20;1-9-6-10(2)14(12(7-9)19-11(3)16)15(4,5)8-13(17)18;6-3-1-2-4-8-5(7)9/h6-7,10-15,18-21H,8-9,16-17,22H2,1-5H3,(H,43,46)(H2,42,44,48);1-10H,21-22H2;6-7H,8H2,1-5H3,(H,17,18);1-4H2,(H,8,9). The van der Waals surface area contributed by atoms with Crippen molar-refractivity contribution in [2.24, 2.45) is 0 Å². The number of carbonyl (C=O) groups is 8. The largest absolute Gasteiger partial charge is 0.481 e. The molecule has 2 spiro atoms. The second-order valence-electron chi connectivity index (χ2n) is 26.9. The number of nitrogens with one attached hydrogen (secondary N) is 4. The van der Waals surface area contributed by atoms with E-state index in [9.17, 15) is 38.4 Å². The van der Waals surface area contributed by atoms with Crippen LogP contribution in [0.5, 0.6) is 34.5 Å². The lowest BCUT2D eigenvalue weighted by Gasteiger charge is -2.37. The highest BCUT2D eigenvalue weighted by molar-refractivity contribution is 6.62. The van der Waals surface area contributed by atoms with E-state index in [0.717, 1.165) is 75.8 Å². The summed E-state index contributed by atoms with van der Waals surface area (Å²) in [7, 11) is 0. The number of benzene rings is 8. The molecule has 4 amide bonds. The predicted molar refractivity (Wildman–Crippen MR) is 400 cm³/mol. The van der Waals surface area contributed by atoms with Crippen molar-refractivity contribution in [2.45, 2.75) is 130 Å². The number of urea groups is 1. The number of nitrogens with two attached hydrogens (primary N) is 2. The van der Waals surface area contributed by atoms with Crippen molar-refractivity contribution in [3.8, 4) is 34.5 Å². The molecule has 4 aliphatic rings. The Morgan fingerprint density at radius 2 is 0.894 bits per heavy atom. The number of ether oxygens (including phenoxy) is 6. The summed E-state index contributed by atoms with van der Waals surface area (Å²) in [5, 5.41) is 19.6. The van der Waals surface area contributed by atoms with Gasteiger partial charge in [0.15, 0.2) is 11.2 Å². The van der Waals surface area contributed by atoms with Crippen molar-refractivity contribution in [3.63, 3.8) is 0 Å². The third-order valence-corrected chi connectivity index (χ3v) is 18.3. The van der Waals surface area contributed by atoms with E-state index in [0.29, 0.717) is 110 Å². The molecule has 0 saturated heterocycles. The second-order valence-corrected chi connectivity index (χ2v) is 28.0. The van der Waals surface area contributed by atoms with E-state index >= 15 is 0 Å². The van der Waals surface area contributed by atoms with Crippen LogP contribution in [0.25, 0.3) is 0 Å². The number of alkyl halides is 2. The molecule has 0 radical (unpaired) electrons. The number of aryl methyl sites for hydroxylation is 4. The van der Waals surface area contributed by atoms with Crippen molar-refractivity contribution in [1.82, 2.24) is 10.6 Å². The number of hydrogen-bond donors (Lipinski definition) is 7. The lowest BCUT2D eigenvalue weighted by molar-refractivity contribution is -0.138. The monoisotopic (exact) mass is 1470 g/mol. The van der Waals surface area contributed by atoms with Crippen LogP contribution in [-0.2, 0) is 50.7 Å². The molecule has 8 aromatic rings. The lowest BCUT2D eigenvalue weighted by Crippen LogP contribution is -2.33. The topological polar surface area (TPSA) is 312 Å². The Balaban J connectivity index is 0.000000194. The predicted octanol–water partition coefficient (Wildman–Crippen LogP) is 16.6. The van der Waals surface area contributed by atoms with E-state index in [-0.39, 0.29) is 30.7 Å². The molecule has 104 heavy (non-hydrogen) atoms. The van der Waals surface area contributed by atoms with Gasteiger partial charge < -0.3 is 66.3 Å². The Morgan fingerprint density at radius 1 is 0.500 bits per heavy atom. The molecule has 0 saturated carbocycles. The summed E-state index contributed by atoms with van der Waals surface area (Å²) < 4.78 is 35.5. The first kappa shape index (κ1) is 77.5. The highest BCUT2D eigenvalue weighted by Gasteiger charge is 2.55. The van der Waals surface area contributed by atoms with Crippen molar-refractivity contribution < 1.29 is 71.9 Å². The fraction of sp³-hybridized carbons (Fsp3) is 0.300. The molecule has 12 rings (SSSR count). The molecular formula is C80H83Cl3N6O15. The first-order valence-corrected chi connectivity index (χ1v) is 35.1. The second kappa shape index (κ2) is 32.8. The van der Waals surface area contributed by atoms with Crippen LogP contribution < -0.4 is 51.7 Å². The molecule has 0 bridgehead atoms. The van der Waals surface area contributed by atoms with Crippen LogP contribution in [0.1, 0.15) is 168 Å². The Kier molecular flexibility index (Phi) is 24.5. The first-order chi connectivity index (χ1) is 49.3. The van der Waals surface area contributed by atoms with Gasteiger partial charge in [-0.15, -0.1) is 23.2 Å². The van der Waals surface area contributed by atoms with E-state index in [1.165, 1.54) is 13.8 Å². The SMILES string of the molecule is CC(=O)Oc1cc(C)cc(C)c1C(C)(C)CC(=O)Nc1ccc2c(c1)Oc1cc(NC(=O)NCCCCCl)ccc1C21OC(=O)c2ccccc21.CC(=O)Oc1cc(C)cc(C)c1C(C)(C)CC(=O)O.Nc1ccc2c(c1)Oc1cc(N)ccc1C21OC(=O)c2ccccc21.O=C(Cl)NCCCCCl. The number of esters is 4. The number of amides is 4. The molecule has 4 aliphatic heterocycles. The van der Waals surface area contributed by atoms with Crippen molar-refractivity contribution in [2.75, 3.05) is 47.0 Å². The zero-order chi connectivity index (χ0) is 75.6. The molecule has 24 heteroatoms. The normalized spacial score (nSPS) is 14.2. The molecule has 21 nitrogen and oxygen atoms in total. The number of carboxylic acid groups (broad SMARTS) is 1. The van der Waals surface area contributed by atoms with Crippen LogP contribution in [0.2, 0.25) is 0 Å². The number of fused-ring (bicyclic) bond motifs is 12. The molecule has 0 aromatic heterocycles. The maximum atomic E-state index is 13.6. The minimum atomic E-state index is -1.32. The van der Waals surface area contributed by atoms with E-state index in [1.54, 1.807) is 84.9 Å². The van der Waals surface area contributed by atoms with Crippen molar-refractivity contribution in [1.29, 1.82) is 0 Å². The summed E-state index contributed by atoms with van der Waals surface area (Å²) in [6.45, 7) is 19.0. The van der Waals surface area contributed by atoms with Gasteiger partial charge in [0.1, 0.15) is 34.5 Å². The number of unbranched alkanes of at least 4 members (excludes halogenated alkanes) is 2. The average molecular weight is 1470 g/mol. The first-order valence-electron chi connectivity index (χ1n) is 33.6. The van der Waals surface area contributed by atoms with Gasteiger partial charge in [-0.2, -0.15) is 0 Å². The maximum Gasteiger partial charge on any atom is 0.340 e. The molecule has 1 unspecified atom stereocenters. The summed E-state index contributed by atoms with van der Waals surface area (Å²) >= 11 is 16.1.